The zero-order chi connectivity index (χ0) is 26.7. The minimum atomic E-state index is -0.841. The van der Waals surface area contributed by atoms with Crippen LogP contribution in [0, 0.1) is 17.2 Å². The van der Waals surface area contributed by atoms with E-state index < -0.39 is 28.6 Å². The summed E-state index contributed by atoms with van der Waals surface area (Å²) in [4.78, 5) is 47.0. The molecule has 11 heteroatoms. The van der Waals surface area contributed by atoms with Crippen LogP contribution >= 0.6 is 0 Å². The third-order valence-electron chi connectivity index (χ3n) is 7.28. The zero-order valence-electron chi connectivity index (χ0n) is 21.2. The van der Waals surface area contributed by atoms with E-state index >= 15 is 0 Å². The van der Waals surface area contributed by atoms with E-state index in [4.69, 9.17) is 9.47 Å². The minimum absolute atomic E-state index is 0.0429. The third kappa shape index (κ3) is 5.61. The number of methoxy groups -OCH3 is 1. The highest BCUT2D eigenvalue weighted by Gasteiger charge is 2.52. The Bertz CT molecular complexity index is 1410. The summed E-state index contributed by atoms with van der Waals surface area (Å²) in [6.07, 6.45) is 7.59. The lowest BCUT2D eigenvalue weighted by Gasteiger charge is -2.24. The molecule has 2 fully saturated rings. The lowest BCUT2D eigenvalue weighted by Crippen LogP contribution is -2.46. The molecule has 2 saturated carbocycles. The largest absolute Gasteiger partial charge is 0.469 e. The van der Waals surface area contributed by atoms with Crippen LogP contribution in [-0.4, -0.2) is 32.2 Å². The van der Waals surface area contributed by atoms with Gasteiger partial charge in [0.15, 0.2) is 0 Å². The van der Waals surface area contributed by atoms with Crippen LogP contribution in [0.5, 0.6) is 11.6 Å². The number of halogens is 1. The molecule has 5 rings (SSSR count). The molecule has 0 bridgehead atoms. The van der Waals surface area contributed by atoms with Gasteiger partial charge in [-0.1, -0.05) is 19.3 Å². The fourth-order valence-corrected chi connectivity index (χ4v) is 4.93. The highest BCUT2D eigenvalue weighted by atomic mass is 19.1. The second-order valence-electron chi connectivity index (χ2n) is 10.0. The summed E-state index contributed by atoms with van der Waals surface area (Å²) in [5.74, 6) is 0.309. The van der Waals surface area contributed by atoms with Gasteiger partial charge in [-0.25, -0.2) is 23.5 Å². The molecule has 2 aromatic heterocycles. The molecule has 38 heavy (non-hydrogen) atoms. The Hall–Kier alpha value is -4.02. The number of anilines is 2. The summed E-state index contributed by atoms with van der Waals surface area (Å²) in [5.41, 5.74) is -1.45. The van der Waals surface area contributed by atoms with Crippen molar-refractivity contribution in [3.8, 4) is 11.6 Å². The first-order chi connectivity index (χ1) is 18.4. The fraction of sp³-hybridized carbons (Fsp3) is 0.444. The molecule has 10 nitrogen and oxygen atoms in total. The van der Waals surface area contributed by atoms with Crippen molar-refractivity contribution in [1.29, 1.82) is 0 Å². The second kappa shape index (κ2) is 10.8. The van der Waals surface area contributed by atoms with E-state index in [-0.39, 0.29) is 18.4 Å². The van der Waals surface area contributed by atoms with Gasteiger partial charge in [-0.3, -0.25) is 9.36 Å². The molecule has 0 atom stereocenters. The number of pyridine rings is 1. The molecular formula is C27H30FN5O5. The summed E-state index contributed by atoms with van der Waals surface area (Å²) in [6, 6.07) is 9.50. The van der Waals surface area contributed by atoms with E-state index in [0.29, 0.717) is 36.7 Å². The molecule has 2 aliphatic rings. The van der Waals surface area contributed by atoms with Crippen molar-refractivity contribution in [2.24, 2.45) is 11.3 Å². The van der Waals surface area contributed by atoms with Gasteiger partial charge >= 0.3 is 17.3 Å². The van der Waals surface area contributed by atoms with Crippen molar-refractivity contribution in [2.45, 2.75) is 58.0 Å². The van der Waals surface area contributed by atoms with Crippen LogP contribution in [0.2, 0.25) is 0 Å². The summed E-state index contributed by atoms with van der Waals surface area (Å²) in [5, 5.41) is 3.11. The molecular weight excluding hydrogens is 493 g/mol. The van der Waals surface area contributed by atoms with Gasteiger partial charge in [0.2, 0.25) is 11.8 Å². The average molecular weight is 524 g/mol. The zero-order valence-corrected chi connectivity index (χ0v) is 21.2. The predicted octanol–water partition coefficient (Wildman–Crippen LogP) is 4.01. The number of hydrogen-bond donors (Lipinski definition) is 1. The minimum Gasteiger partial charge on any atom is -0.469 e. The standard InChI is InChI=1S/C27H30FN5O5/c1-37-23(34)27(13-14-27)17-33-25(35)31-24(32(26(33)36)16-18-5-3-2-4-6-18)30-20-8-10-21(11-9-20)38-22-12-7-19(28)15-29-22/h7-12,15,18H,2-6,13-14,16-17H2,1H3,(H,30,31,35). The van der Waals surface area contributed by atoms with Crippen LogP contribution < -0.4 is 21.4 Å². The molecule has 200 valence electrons. The first kappa shape index (κ1) is 25.6. The number of ether oxygens (including phenoxy) is 2. The van der Waals surface area contributed by atoms with E-state index in [9.17, 15) is 18.8 Å². The summed E-state index contributed by atoms with van der Waals surface area (Å²) in [7, 11) is 1.31. The normalized spacial score (nSPS) is 16.6. The van der Waals surface area contributed by atoms with Crippen molar-refractivity contribution < 1.29 is 18.7 Å². The smallest absolute Gasteiger partial charge is 0.354 e. The Labute approximate surface area is 218 Å². The number of rotatable bonds is 9. The third-order valence-corrected chi connectivity index (χ3v) is 7.28. The molecule has 3 aromatic rings. The van der Waals surface area contributed by atoms with Crippen molar-refractivity contribution in [1.82, 2.24) is 19.1 Å². The van der Waals surface area contributed by atoms with Gasteiger partial charge in [0.25, 0.3) is 0 Å². The van der Waals surface area contributed by atoms with Crippen LogP contribution in [0.1, 0.15) is 44.9 Å². The SMILES string of the molecule is COC(=O)C1(Cn2c(=O)nc(Nc3ccc(Oc4ccc(F)cn4)cc3)n(CC3CCCCC3)c2=O)CC1. The van der Waals surface area contributed by atoms with E-state index in [1.807, 2.05) is 0 Å². The summed E-state index contributed by atoms with van der Waals surface area (Å²) < 4.78 is 26.2. The van der Waals surface area contributed by atoms with Crippen molar-refractivity contribution >= 4 is 17.6 Å². The second-order valence-corrected chi connectivity index (χ2v) is 10.0. The van der Waals surface area contributed by atoms with Gasteiger partial charge in [-0.15, -0.1) is 0 Å². The molecule has 0 saturated heterocycles. The van der Waals surface area contributed by atoms with Crippen LogP contribution in [0.25, 0.3) is 0 Å². The highest BCUT2D eigenvalue weighted by molar-refractivity contribution is 5.79. The van der Waals surface area contributed by atoms with Crippen molar-refractivity contribution in [2.75, 3.05) is 12.4 Å². The topological polar surface area (TPSA) is 117 Å². The number of nitrogens with zero attached hydrogens (tertiary/aromatic N) is 4. The van der Waals surface area contributed by atoms with Gasteiger partial charge in [-0.05, 0) is 61.9 Å². The Kier molecular flexibility index (Phi) is 7.26. The van der Waals surface area contributed by atoms with Gasteiger partial charge in [0.1, 0.15) is 11.6 Å². The van der Waals surface area contributed by atoms with Gasteiger partial charge in [-0.2, -0.15) is 4.98 Å². The summed E-state index contributed by atoms with van der Waals surface area (Å²) in [6.45, 7) is 0.385. The monoisotopic (exact) mass is 523 g/mol. The maximum Gasteiger partial charge on any atom is 0.354 e. The predicted molar refractivity (Wildman–Crippen MR) is 137 cm³/mol. The molecule has 0 unspecified atom stereocenters. The van der Waals surface area contributed by atoms with E-state index in [1.54, 1.807) is 24.3 Å². The average Bonchev–Trinajstić information content (AvgIpc) is 3.72. The molecule has 0 spiro atoms. The molecule has 2 heterocycles. The molecule has 1 aromatic carbocycles. The van der Waals surface area contributed by atoms with Gasteiger partial charge < -0.3 is 14.8 Å². The van der Waals surface area contributed by atoms with Gasteiger partial charge in [0.05, 0.1) is 18.7 Å². The molecule has 0 aliphatic heterocycles. The first-order valence-corrected chi connectivity index (χ1v) is 12.8. The first-order valence-electron chi connectivity index (χ1n) is 12.8. The van der Waals surface area contributed by atoms with Crippen LogP contribution in [0.15, 0.2) is 52.2 Å². The number of nitrogens with one attached hydrogen (secondary N) is 1. The number of aromatic nitrogens is 4. The number of benzene rings is 1. The molecule has 2 aliphatic carbocycles. The van der Waals surface area contributed by atoms with Crippen molar-refractivity contribution in [3.05, 3.63) is 69.4 Å². The number of hydrogen-bond acceptors (Lipinski definition) is 8. The number of esters is 1. The number of carbonyl (C=O) groups excluding carboxylic acids is 1. The van der Waals surface area contributed by atoms with Crippen LogP contribution in [0.4, 0.5) is 16.0 Å². The maximum atomic E-state index is 13.6. The lowest BCUT2D eigenvalue weighted by molar-refractivity contribution is -0.147. The van der Waals surface area contributed by atoms with E-state index in [0.717, 1.165) is 36.4 Å². The molecule has 0 amide bonds. The Morgan fingerprint density at radius 1 is 1.08 bits per heavy atom. The highest BCUT2D eigenvalue weighted by Crippen LogP contribution is 2.47. The van der Waals surface area contributed by atoms with Crippen LogP contribution in [0.3, 0.4) is 0 Å². The lowest BCUT2D eigenvalue weighted by atomic mass is 9.89. The summed E-state index contributed by atoms with van der Waals surface area (Å²) >= 11 is 0. The molecule has 0 radical (unpaired) electrons. The van der Waals surface area contributed by atoms with Crippen molar-refractivity contribution in [3.63, 3.8) is 0 Å². The van der Waals surface area contributed by atoms with E-state index in [1.165, 1.54) is 30.2 Å². The Morgan fingerprint density at radius 2 is 1.82 bits per heavy atom. The molecule has 1 N–H and O–H groups in total. The van der Waals surface area contributed by atoms with Gasteiger partial charge in [0, 0.05) is 24.8 Å². The maximum absolute atomic E-state index is 13.6. The number of carbonyl (C=O) groups is 1. The quantitative estimate of drug-likeness (QED) is 0.418. The Morgan fingerprint density at radius 3 is 2.45 bits per heavy atom. The van der Waals surface area contributed by atoms with E-state index in [2.05, 4.69) is 15.3 Å². The fourth-order valence-electron chi connectivity index (χ4n) is 4.93. The van der Waals surface area contributed by atoms with Crippen LogP contribution in [-0.2, 0) is 22.6 Å². The Balaban J connectivity index is 1.41.